The molecule has 2 aromatic heterocycles. The van der Waals surface area contributed by atoms with Crippen LogP contribution in [-0.2, 0) is 30.5 Å². The van der Waals surface area contributed by atoms with Crippen LogP contribution in [0, 0.1) is 5.82 Å². The number of halogens is 1. The molecule has 0 radical (unpaired) electrons. The van der Waals surface area contributed by atoms with E-state index >= 15 is 4.39 Å². The second-order valence-corrected chi connectivity index (χ2v) is 9.76. The summed E-state index contributed by atoms with van der Waals surface area (Å²) in [6.07, 6.45) is 0.706. The first-order chi connectivity index (χ1) is 20.0. The van der Waals surface area contributed by atoms with Gasteiger partial charge in [-0.25, -0.2) is 9.07 Å². The van der Waals surface area contributed by atoms with Crippen molar-refractivity contribution in [3.63, 3.8) is 0 Å². The second-order valence-electron chi connectivity index (χ2n) is 9.76. The number of hydrogen-bond donors (Lipinski definition) is 3. The van der Waals surface area contributed by atoms with Gasteiger partial charge in [-0.05, 0) is 29.7 Å². The van der Waals surface area contributed by atoms with E-state index in [9.17, 15) is 24.0 Å². The molecule has 0 atom stereocenters. The van der Waals surface area contributed by atoms with E-state index < -0.39 is 35.5 Å². The number of fused-ring (bicyclic) bond motifs is 2. The van der Waals surface area contributed by atoms with Crippen molar-refractivity contribution in [1.82, 2.24) is 30.2 Å². The van der Waals surface area contributed by atoms with Gasteiger partial charge in [0.2, 0.25) is 17.7 Å². The van der Waals surface area contributed by atoms with Gasteiger partial charge in [0.25, 0.3) is 0 Å². The number of carbonyl (C=O) groups excluding carboxylic acids is 4. The largest absolute Gasteiger partial charge is 0.481 e. The third-order valence-corrected chi connectivity index (χ3v) is 6.49. The van der Waals surface area contributed by atoms with Crippen molar-refractivity contribution in [2.75, 3.05) is 20.2 Å². The number of ether oxygens (including phenoxy) is 1. The number of rotatable bonds is 11. The van der Waals surface area contributed by atoms with Gasteiger partial charge in [0.15, 0.2) is 0 Å². The molecule has 2 amide bonds. The fraction of sp³-hybridized carbons (Fsp3) is 0.321. The number of aromatic nitrogens is 4. The first-order valence-electron chi connectivity index (χ1n) is 13.0. The topological polar surface area (TPSA) is 175 Å². The van der Waals surface area contributed by atoms with Crippen LogP contribution in [0.5, 0.6) is 0 Å². The first kappa shape index (κ1) is 29.8. The van der Waals surface area contributed by atoms with Crippen molar-refractivity contribution >= 4 is 51.5 Å². The maximum absolute atomic E-state index is 15.5. The minimum absolute atomic E-state index is 0.114. The molecule has 0 saturated heterocycles. The van der Waals surface area contributed by atoms with Crippen LogP contribution in [0.3, 0.4) is 0 Å². The normalized spacial score (nSPS) is 11.2. The number of carboxylic acid groups (broad SMARTS) is 1. The molecule has 0 bridgehead atoms. The Labute approximate surface area is 238 Å². The van der Waals surface area contributed by atoms with E-state index in [1.54, 1.807) is 18.2 Å². The van der Waals surface area contributed by atoms with Gasteiger partial charge in [-0.1, -0.05) is 26.0 Å². The lowest BCUT2D eigenvalue weighted by molar-refractivity contribution is -0.141. The Morgan fingerprint density at radius 2 is 1.74 bits per heavy atom. The number of amides is 2. The molecule has 3 N–H and O–H groups in total. The van der Waals surface area contributed by atoms with Gasteiger partial charge in [0.05, 0.1) is 43.0 Å². The Kier molecular flexibility index (Phi) is 8.93. The lowest BCUT2D eigenvalue weighted by Crippen LogP contribution is -2.40. The van der Waals surface area contributed by atoms with E-state index in [0.717, 1.165) is 4.68 Å². The summed E-state index contributed by atoms with van der Waals surface area (Å²) in [7, 11) is 1.19. The number of hydrogen-bond acceptors (Lipinski definition) is 8. The average molecular weight is 581 g/mol. The Balaban J connectivity index is 1.67. The highest BCUT2D eigenvalue weighted by Crippen LogP contribution is 2.37. The van der Waals surface area contributed by atoms with Gasteiger partial charge in [-0.15, -0.1) is 0 Å². The quantitative estimate of drug-likeness (QED) is 0.225. The number of carboxylic acids is 1. The van der Waals surface area contributed by atoms with Crippen LogP contribution in [-0.4, -0.2) is 74.5 Å². The summed E-state index contributed by atoms with van der Waals surface area (Å²) in [5, 5.41) is 23.4. The maximum atomic E-state index is 15.5. The summed E-state index contributed by atoms with van der Waals surface area (Å²) in [4.78, 5) is 59.3. The highest BCUT2D eigenvalue weighted by Gasteiger charge is 2.22. The minimum Gasteiger partial charge on any atom is -0.481 e. The van der Waals surface area contributed by atoms with Crippen LogP contribution >= 0.6 is 0 Å². The van der Waals surface area contributed by atoms with Crippen molar-refractivity contribution in [3.8, 4) is 11.1 Å². The minimum atomic E-state index is -1.12. The number of nitrogens with zero attached hydrogens (tertiary/aromatic N) is 4. The molecule has 220 valence electrons. The third kappa shape index (κ3) is 6.43. The monoisotopic (exact) mass is 580 g/mol. The van der Waals surface area contributed by atoms with Gasteiger partial charge in [-0.3, -0.25) is 28.7 Å². The van der Waals surface area contributed by atoms with Gasteiger partial charge in [0, 0.05) is 22.8 Å². The standard InChI is InChI=1S/C28H29FN6O7/c1-15(2)28-27-17(18-10-21-16(9-19(18)29)11-32-35(21)24(38)7-8-25(39)40)5-4-6-20(27)34(33-28)14-23(37)30-12-22(36)31-13-26(41)42-3/h4-6,9-11,15H,7-8,12-14H2,1-3H3,(H,30,37)(H,31,36)(H,39,40). The Bertz CT molecular complexity index is 1710. The average Bonchev–Trinajstić information content (AvgIpc) is 3.54. The number of esters is 1. The lowest BCUT2D eigenvalue weighted by atomic mass is 9.95. The van der Waals surface area contributed by atoms with Crippen molar-refractivity contribution in [2.24, 2.45) is 0 Å². The molecular weight excluding hydrogens is 551 g/mol. The molecule has 42 heavy (non-hydrogen) atoms. The van der Waals surface area contributed by atoms with Gasteiger partial charge in [-0.2, -0.15) is 10.2 Å². The second kappa shape index (κ2) is 12.6. The number of carbonyl (C=O) groups is 5. The molecular formula is C28H29FN6O7. The third-order valence-electron chi connectivity index (χ3n) is 6.49. The Morgan fingerprint density at radius 3 is 2.43 bits per heavy atom. The fourth-order valence-corrected chi connectivity index (χ4v) is 4.45. The van der Waals surface area contributed by atoms with E-state index in [1.165, 1.54) is 30.1 Å². The molecule has 4 aromatic rings. The van der Waals surface area contributed by atoms with Gasteiger partial charge >= 0.3 is 11.9 Å². The summed E-state index contributed by atoms with van der Waals surface area (Å²) in [5.41, 5.74) is 2.13. The van der Waals surface area contributed by atoms with Crippen molar-refractivity contribution in [1.29, 1.82) is 0 Å². The number of methoxy groups -OCH3 is 1. The SMILES string of the molecule is COC(=O)CNC(=O)CNC(=O)Cn1nc(C(C)C)c2c(-c3cc4c(cnn4C(=O)CCC(=O)O)cc3F)cccc21. The van der Waals surface area contributed by atoms with Gasteiger partial charge < -0.3 is 20.5 Å². The molecule has 0 saturated carbocycles. The lowest BCUT2D eigenvalue weighted by Gasteiger charge is -2.10. The molecule has 13 nitrogen and oxygen atoms in total. The maximum Gasteiger partial charge on any atom is 0.325 e. The van der Waals surface area contributed by atoms with Crippen molar-refractivity contribution < 1.29 is 38.2 Å². The van der Waals surface area contributed by atoms with E-state index in [0.29, 0.717) is 33.1 Å². The Hall–Kier alpha value is -5.14. The van der Waals surface area contributed by atoms with E-state index in [1.807, 2.05) is 13.8 Å². The van der Waals surface area contributed by atoms with Crippen LogP contribution < -0.4 is 10.6 Å². The summed E-state index contributed by atoms with van der Waals surface area (Å²) >= 11 is 0. The summed E-state index contributed by atoms with van der Waals surface area (Å²) in [6.45, 7) is 2.90. The molecule has 0 spiro atoms. The molecule has 0 unspecified atom stereocenters. The predicted octanol–water partition coefficient (Wildman–Crippen LogP) is 2.23. The molecule has 0 aliphatic rings. The van der Waals surface area contributed by atoms with Crippen LogP contribution in [0.25, 0.3) is 32.9 Å². The summed E-state index contributed by atoms with van der Waals surface area (Å²) in [6, 6.07) is 7.90. The van der Waals surface area contributed by atoms with E-state index in [2.05, 4.69) is 25.6 Å². The first-order valence-corrected chi connectivity index (χ1v) is 13.0. The predicted molar refractivity (Wildman–Crippen MR) is 148 cm³/mol. The smallest absolute Gasteiger partial charge is 0.325 e. The molecule has 0 aliphatic carbocycles. The molecule has 2 heterocycles. The van der Waals surface area contributed by atoms with Crippen LogP contribution in [0.15, 0.2) is 36.5 Å². The zero-order chi connectivity index (χ0) is 30.6. The van der Waals surface area contributed by atoms with Crippen molar-refractivity contribution in [2.45, 2.75) is 39.2 Å². The molecule has 2 aromatic carbocycles. The molecule has 0 fully saturated rings. The van der Waals surface area contributed by atoms with Crippen LogP contribution in [0.2, 0.25) is 0 Å². The summed E-state index contributed by atoms with van der Waals surface area (Å²) < 4.78 is 22.5. The fourth-order valence-electron chi connectivity index (χ4n) is 4.45. The molecule has 14 heteroatoms. The molecule has 0 aliphatic heterocycles. The highest BCUT2D eigenvalue weighted by molar-refractivity contribution is 6.01. The van der Waals surface area contributed by atoms with Gasteiger partial charge in [0.1, 0.15) is 18.9 Å². The van der Waals surface area contributed by atoms with E-state index in [-0.39, 0.29) is 44.0 Å². The zero-order valence-electron chi connectivity index (χ0n) is 23.1. The van der Waals surface area contributed by atoms with Crippen LogP contribution in [0.1, 0.15) is 43.1 Å². The summed E-state index contributed by atoms with van der Waals surface area (Å²) in [5.74, 6) is -4.04. The van der Waals surface area contributed by atoms with E-state index in [4.69, 9.17) is 5.11 Å². The number of benzene rings is 2. The Morgan fingerprint density at radius 1 is 1.00 bits per heavy atom. The molecule has 4 rings (SSSR count). The van der Waals surface area contributed by atoms with Crippen molar-refractivity contribution in [3.05, 3.63) is 48.0 Å². The number of nitrogens with one attached hydrogen (secondary N) is 2. The zero-order valence-corrected chi connectivity index (χ0v) is 23.1. The number of aliphatic carboxylic acids is 1. The van der Waals surface area contributed by atoms with Crippen LogP contribution in [0.4, 0.5) is 4.39 Å². The highest BCUT2D eigenvalue weighted by atomic mass is 19.1.